The van der Waals surface area contributed by atoms with E-state index in [0.29, 0.717) is 0 Å². The Morgan fingerprint density at radius 2 is 0.880 bits per heavy atom. The zero-order valence-electron chi connectivity index (χ0n) is 17.7. The van der Waals surface area contributed by atoms with E-state index in [1.807, 2.05) is 12.1 Å². The number of aryl methyl sites for hydroxylation is 1. The topological polar surface area (TPSA) is 0 Å². The zero-order valence-corrected chi connectivity index (χ0v) is 20.0. The third kappa shape index (κ3) is 45.4. The van der Waals surface area contributed by atoms with Gasteiger partial charge in [0.1, 0.15) is 0 Å². The van der Waals surface area contributed by atoms with Gasteiger partial charge < -0.3 is 20.8 Å². The molecule has 0 saturated heterocycles. The predicted octanol–water partition coefficient (Wildman–Crippen LogP) is 8.91. The molecule has 0 radical (unpaired) electrons. The average molecular weight is 530 g/mol. The molecule has 0 fully saturated rings. The third-order valence-electron chi connectivity index (χ3n) is 3.39. The van der Waals surface area contributed by atoms with Crippen molar-refractivity contribution >= 4 is 0 Å². The molecule has 0 amide bonds. The van der Waals surface area contributed by atoms with Gasteiger partial charge in [0.15, 0.2) is 0 Å². The molecular formula is C24H46Pt. The molecule has 0 unspecified atom stereocenters. The summed E-state index contributed by atoms with van der Waals surface area (Å²) in [7, 11) is 0. The summed E-state index contributed by atoms with van der Waals surface area (Å²) >= 11 is 0. The normalized spacial score (nSPS) is 8.60. The average Bonchev–Trinajstić information content (AvgIpc) is 3.09. The molecule has 0 saturated carbocycles. The van der Waals surface area contributed by atoms with E-state index >= 15 is 0 Å². The van der Waals surface area contributed by atoms with E-state index in [1.54, 1.807) is 0 Å². The summed E-state index contributed by atoms with van der Waals surface area (Å²) in [5, 5.41) is 0. The van der Waals surface area contributed by atoms with Crippen molar-refractivity contribution in [2.45, 2.75) is 105 Å². The first kappa shape index (κ1) is 32.7. The zero-order chi connectivity index (χ0) is 18.9. The van der Waals surface area contributed by atoms with Crippen molar-refractivity contribution in [3.05, 3.63) is 50.6 Å². The predicted molar refractivity (Wildman–Crippen MR) is 115 cm³/mol. The Morgan fingerprint density at radius 1 is 0.600 bits per heavy atom. The number of hydrogen-bond donors (Lipinski definition) is 0. The smallest absolute Gasteiger partial charge is 0.343 e. The Kier molecular flexibility index (Phi) is 46.0. The largest absolute Gasteiger partial charge is 4.00 e. The summed E-state index contributed by atoms with van der Waals surface area (Å²) < 4.78 is 0. The van der Waals surface area contributed by atoms with Crippen molar-refractivity contribution in [1.82, 2.24) is 0 Å². The van der Waals surface area contributed by atoms with Crippen molar-refractivity contribution in [3.63, 3.8) is 0 Å². The molecule has 0 aliphatic heterocycles. The minimum absolute atomic E-state index is 0. The van der Waals surface area contributed by atoms with Gasteiger partial charge in [-0.05, 0) is 0 Å². The molecule has 1 rings (SSSR count). The molecule has 0 aromatic heterocycles. The first-order valence-corrected chi connectivity index (χ1v) is 10.2. The summed E-state index contributed by atoms with van der Waals surface area (Å²) in [6.45, 7) is 19.9. The Bertz CT molecular complexity index is 220. The van der Waals surface area contributed by atoms with Crippen LogP contribution in [0.1, 0.15) is 103 Å². The van der Waals surface area contributed by atoms with Crippen molar-refractivity contribution in [2.24, 2.45) is 0 Å². The van der Waals surface area contributed by atoms with Crippen molar-refractivity contribution in [3.8, 4) is 0 Å². The molecule has 25 heavy (non-hydrogen) atoms. The van der Waals surface area contributed by atoms with Gasteiger partial charge >= 0.3 is 21.1 Å². The maximum atomic E-state index is 3.72. The second kappa shape index (κ2) is 35.2. The van der Waals surface area contributed by atoms with E-state index in [1.165, 1.54) is 63.4 Å². The van der Waals surface area contributed by atoms with E-state index in [0.717, 1.165) is 19.3 Å². The van der Waals surface area contributed by atoms with Gasteiger partial charge in [-0.1, -0.05) is 85.5 Å². The maximum absolute atomic E-state index is 3.72. The minimum Gasteiger partial charge on any atom is -0.343 e. The molecule has 0 aliphatic rings. The number of rotatable bonds is 9. The summed E-state index contributed by atoms with van der Waals surface area (Å²) in [5.41, 5.74) is 1.34. The molecule has 0 aliphatic carbocycles. The third-order valence-corrected chi connectivity index (χ3v) is 3.39. The molecule has 0 atom stereocenters. The molecule has 0 bridgehead atoms. The van der Waals surface area contributed by atoms with Gasteiger partial charge in [0, 0.05) is 0 Å². The van der Waals surface area contributed by atoms with Crippen LogP contribution in [0.2, 0.25) is 0 Å². The summed E-state index contributed by atoms with van der Waals surface area (Å²) in [6.07, 6.45) is 15.2. The number of unbranched alkanes of at least 4 members (excludes halogenated alkanes) is 9. The van der Waals surface area contributed by atoms with Crippen LogP contribution in [0.15, 0.2) is 24.3 Å². The molecule has 1 aromatic carbocycles. The Morgan fingerprint density at radius 3 is 0.960 bits per heavy atom. The van der Waals surface area contributed by atoms with Gasteiger partial charge in [-0.15, -0.1) is 0 Å². The van der Waals surface area contributed by atoms with Crippen LogP contribution in [0, 0.1) is 27.7 Å². The molecule has 0 spiro atoms. The van der Waals surface area contributed by atoms with Crippen molar-refractivity contribution in [1.29, 1.82) is 0 Å². The van der Waals surface area contributed by atoms with Crippen LogP contribution in [0.25, 0.3) is 0 Å². The summed E-state index contributed by atoms with van der Waals surface area (Å²) in [4.78, 5) is 0. The molecule has 1 heteroatoms. The monoisotopic (exact) mass is 529 g/mol. The van der Waals surface area contributed by atoms with Crippen molar-refractivity contribution < 1.29 is 21.1 Å². The SMILES string of the molecule is C[c-]1cccc1.[CH2-]CCCCC.[CH2-]CCCCC.[CH2-]CCCCC.[Pt+4]. The second-order valence-corrected chi connectivity index (χ2v) is 6.14. The van der Waals surface area contributed by atoms with Gasteiger partial charge in [-0.2, -0.15) is 37.0 Å². The maximum Gasteiger partial charge on any atom is 4.00 e. The summed E-state index contributed by atoms with van der Waals surface area (Å²) in [6, 6.07) is 8.24. The van der Waals surface area contributed by atoms with E-state index < -0.39 is 0 Å². The first-order valence-electron chi connectivity index (χ1n) is 10.2. The van der Waals surface area contributed by atoms with E-state index in [2.05, 4.69) is 60.6 Å². The Balaban J connectivity index is -0.000000116. The van der Waals surface area contributed by atoms with E-state index in [4.69, 9.17) is 0 Å². The fraction of sp³-hybridized carbons (Fsp3) is 0.667. The quantitative estimate of drug-likeness (QED) is 0.221. The first-order chi connectivity index (χ1) is 11.6. The van der Waals surface area contributed by atoms with Gasteiger partial charge in [0.05, 0.1) is 0 Å². The van der Waals surface area contributed by atoms with Crippen LogP contribution in [-0.4, -0.2) is 0 Å². The van der Waals surface area contributed by atoms with Gasteiger partial charge in [0.2, 0.25) is 0 Å². The van der Waals surface area contributed by atoms with Crippen LogP contribution in [0.5, 0.6) is 0 Å². The van der Waals surface area contributed by atoms with E-state index in [-0.39, 0.29) is 21.1 Å². The van der Waals surface area contributed by atoms with Crippen LogP contribution >= 0.6 is 0 Å². The molecule has 0 N–H and O–H groups in total. The van der Waals surface area contributed by atoms with Gasteiger partial charge in [-0.3, -0.25) is 0 Å². The summed E-state index contributed by atoms with van der Waals surface area (Å²) in [5.74, 6) is 0. The van der Waals surface area contributed by atoms with Gasteiger partial charge in [-0.25, -0.2) is 12.1 Å². The molecule has 0 heterocycles. The Hall–Kier alpha value is 0.0383. The standard InChI is InChI=1S/C6H7.3C6H13.Pt/c1-6-4-2-3-5-6;3*1-3-5-6-4-2;/h2-5H,1H3;3*1,3-6H2,2H3;/q4*-1;+4. The van der Waals surface area contributed by atoms with Crippen LogP contribution in [0.3, 0.4) is 0 Å². The van der Waals surface area contributed by atoms with Crippen LogP contribution in [0.4, 0.5) is 0 Å². The molecule has 152 valence electrons. The minimum atomic E-state index is 0. The molecule has 0 nitrogen and oxygen atoms in total. The fourth-order valence-corrected chi connectivity index (χ4v) is 1.75. The van der Waals surface area contributed by atoms with E-state index in [9.17, 15) is 0 Å². The van der Waals surface area contributed by atoms with Crippen LogP contribution in [-0.2, 0) is 21.1 Å². The second-order valence-electron chi connectivity index (χ2n) is 6.14. The van der Waals surface area contributed by atoms with Gasteiger partial charge in [0.25, 0.3) is 0 Å². The van der Waals surface area contributed by atoms with Crippen LogP contribution < -0.4 is 0 Å². The fourth-order valence-electron chi connectivity index (χ4n) is 1.75. The molecular weight excluding hydrogens is 483 g/mol. The molecule has 1 aromatic rings. The van der Waals surface area contributed by atoms with Crippen molar-refractivity contribution in [2.75, 3.05) is 0 Å². The Labute approximate surface area is 176 Å². The number of hydrogen-bond acceptors (Lipinski definition) is 0.